The number of nitrogens with one attached hydrogen (secondary N) is 2. The Hall–Kier alpha value is -3.00. The van der Waals surface area contributed by atoms with Crippen LogP contribution in [0.1, 0.15) is 25.7 Å². The number of fused-ring (bicyclic) bond motifs is 2. The molecule has 5 rings (SSSR count). The fraction of sp³-hybridized carbons (Fsp3) is 0.368. The van der Waals surface area contributed by atoms with E-state index in [0.717, 1.165) is 53.6 Å². The molecule has 27 heavy (non-hydrogen) atoms. The fourth-order valence-corrected chi connectivity index (χ4v) is 3.78. The summed E-state index contributed by atoms with van der Waals surface area (Å²) < 4.78 is 7.18. The smallest absolute Gasteiger partial charge is 0.224 e. The minimum absolute atomic E-state index is 0.387. The van der Waals surface area contributed by atoms with E-state index in [-0.39, 0.29) is 0 Å². The third-order valence-corrected chi connectivity index (χ3v) is 5.31. The van der Waals surface area contributed by atoms with Crippen LogP contribution in [-0.4, -0.2) is 48.8 Å². The molecule has 0 atom stereocenters. The molecule has 1 aliphatic carbocycles. The van der Waals surface area contributed by atoms with Gasteiger partial charge in [0.1, 0.15) is 5.65 Å². The number of aromatic nitrogens is 6. The van der Waals surface area contributed by atoms with E-state index in [0.29, 0.717) is 18.1 Å². The molecule has 1 fully saturated rings. The number of rotatable bonds is 4. The van der Waals surface area contributed by atoms with Gasteiger partial charge in [0.25, 0.3) is 0 Å². The van der Waals surface area contributed by atoms with Crippen LogP contribution in [0.15, 0.2) is 36.9 Å². The third-order valence-electron chi connectivity index (χ3n) is 5.31. The zero-order valence-corrected chi connectivity index (χ0v) is 15.1. The van der Waals surface area contributed by atoms with Crippen LogP contribution in [-0.2, 0) is 4.74 Å². The minimum atomic E-state index is 0.387. The molecule has 4 heterocycles. The number of hydrogen-bond donors (Lipinski definition) is 2. The molecular weight excluding hydrogens is 342 g/mol. The molecule has 4 aromatic heterocycles. The molecule has 0 bridgehead atoms. The maximum absolute atomic E-state index is 5.44. The summed E-state index contributed by atoms with van der Waals surface area (Å²) in [6.45, 7) is 0. The van der Waals surface area contributed by atoms with Crippen molar-refractivity contribution in [1.82, 2.24) is 29.5 Å². The van der Waals surface area contributed by atoms with Crippen LogP contribution in [0.4, 0.5) is 5.95 Å². The van der Waals surface area contributed by atoms with Gasteiger partial charge >= 0.3 is 0 Å². The van der Waals surface area contributed by atoms with Crippen LogP contribution in [0, 0.1) is 0 Å². The normalized spacial score (nSPS) is 20.3. The molecule has 0 unspecified atom stereocenters. The van der Waals surface area contributed by atoms with Gasteiger partial charge in [0, 0.05) is 48.8 Å². The van der Waals surface area contributed by atoms with Crippen molar-refractivity contribution in [2.75, 3.05) is 12.4 Å². The first kappa shape index (κ1) is 16.2. The summed E-state index contributed by atoms with van der Waals surface area (Å²) in [5.74, 6) is 0.663. The molecule has 4 aromatic rings. The van der Waals surface area contributed by atoms with E-state index in [1.54, 1.807) is 17.8 Å². The summed E-state index contributed by atoms with van der Waals surface area (Å²) in [6, 6.07) is 4.23. The maximum atomic E-state index is 5.44. The van der Waals surface area contributed by atoms with Crippen molar-refractivity contribution in [2.24, 2.45) is 0 Å². The van der Waals surface area contributed by atoms with E-state index < -0.39 is 0 Å². The van der Waals surface area contributed by atoms with E-state index >= 15 is 0 Å². The second-order valence-electron chi connectivity index (χ2n) is 6.96. The number of anilines is 1. The average Bonchev–Trinajstić information content (AvgIpc) is 3.34. The van der Waals surface area contributed by atoms with Gasteiger partial charge in [-0.05, 0) is 31.7 Å². The lowest BCUT2D eigenvalue weighted by molar-refractivity contribution is 0.0681. The Bertz CT molecular complexity index is 1080. The number of methoxy groups -OCH3 is 1. The Labute approximate surface area is 156 Å². The van der Waals surface area contributed by atoms with Gasteiger partial charge in [-0.2, -0.15) is 10.1 Å². The van der Waals surface area contributed by atoms with Crippen molar-refractivity contribution in [1.29, 1.82) is 0 Å². The molecule has 0 saturated heterocycles. The fourth-order valence-electron chi connectivity index (χ4n) is 3.78. The van der Waals surface area contributed by atoms with Gasteiger partial charge in [0.15, 0.2) is 5.65 Å². The predicted octanol–water partition coefficient (Wildman–Crippen LogP) is 3.04. The van der Waals surface area contributed by atoms with Gasteiger partial charge in [-0.25, -0.2) is 14.5 Å². The van der Waals surface area contributed by atoms with Gasteiger partial charge in [-0.3, -0.25) is 0 Å². The molecule has 0 radical (unpaired) electrons. The highest BCUT2D eigenvalue weighted by Crippen LogP contribution is 2.27. The van der Waals surface area contributed by atoms with Gasteiger partial charge in [0.2, 0.25) is 5.95 Å². The molecule has 0 spiro atoms. The Morgan fingerprint density at radius 2 is 2.07 bits per heavy atom. The molecule has 0 aromatic carbocycles. The molecular formula is C19H21N7O. The van der Waals surface area contributed by atoms with Crippen molar-refractivity contribution >= 4 is 22.6 Å². The number of H-pyrrole nitrogens is 1. The predicted molar refractivity (Wildman–Crippen MR) is 103 cm³/mol. The molecule has 8 heteroatoms. The molecule has 2 N–H and O–H groups in total. The van der Waals surface area contributed by atoms with Crippen LogP contribution in [0.25, 0.3) is 27.9 Å². The summed E-state index contributed by atoms with van der Waals surface area (Å²) in [7, 11) is 1.79. The lowest BCUT2D eigenvalue weighted by atomic mass is 9.93. The van der Waals surface area contributed by atoms with Crippen LogP contribution in [0.5, 0.6) is 0 Å². The van der Waals surface area contributed by atoms with Crippen molar-refractivity contribution < 1.29 is 4.74 Å². The van der Waals surface area contributed by atoms with Crippen LogP contribution in [0.2, 0.25) is 0 Å². The molecule has 8 nitrogen and oxygen atoms in total. The first-order valence-electron chi connectivity index (χ1n) is 9.24. The molecule has 138 valence electrons. The van der Waals surface area contributed by atoms with Crippen LogP contribution >= 0.6 is 0 Å². The zero-order chi connectivity index (χ0) is 18.2. The van der Waals surface area contributed by atoms with Gasteiger partial charge in [0.05, 0.1) is 18.0 Å². The quantitative estimate of drug-likeness (QED) is 0.579. The number of aromatic amines is 1. The summed E-state index contributed by atoms with van der Waals surface area (Å²) in [5, 5.41) is 8.61. The Morgan fingerprint density at radius 1 is 1.19 bits per heavy atom. The lowest BCUT2D eigenvalue weighted by Crippen LogP contribution is -2.29. The SMILES string of the molecule is CO[C@H]1CC[C@@H](Nc2ncc3c(-c4ccn5nccc5n4)c[nH]c3n2)CC1. The van der Waals surface area contributed by atoms with Crippen LogP contribution < -0.4 is 5.32 Å². The van der Waals surface area contributed by atoms with E-state index in [1.165, 1.54) is 0 Å². The Balaban J connectivity index is 1.39. The van der Waals surface area contributed by atoms with E-state index in [1.807, 2.05) is 30.7 Å². The van der Waals surface area contributed by atoms with Crippen LogP contribution in [0.3, 0.4) is 0 Å². The summed E-state index contributed by atoms with van der Waals surface area (Å²) >= 11 is 0. The van der Waals surface area contributed by atoms with E-state index in [9.17, 15) is 0 Å². The number of nitrogens with zero attached hydrogens (tertiary/aromatic N) is 5. The topological polar surface area (TPSA) is 93.0 Å². The summed E-state index contributed by atoms with van der Waals surface area (Å²) in [4.78, 5) is 17.1. The second-order valence-corrected chi connectivity index (χ2v) is 6.96. The first-order valence-corrected chi connectivity index (χ1v) is 9.24. The first-order chi connectivity index (χ1) is 13.3. The molecule has 1 aliphatic rings. The highest BCUT2D eigenvalue weighted by molar-refractivity contribution is 5.92. The standard InChI is InChI=1S/C19H21N7O/c1-27-13-4-2-12(3-5-13)23-19-21-11-15-14(10-20-18(15)25-19)16-7-9-26-17(24-16)6-8-22-26/h6-13H,2-5H2,1H3,(H2,20,21,23,25)/t12-,13+. The Morgan fingerprint density at radius 3 is 2.93 bits per heavy atom. The monoisotopic (exact) mass is 363 g/mol. The average molecular weight is 363 g/mol. The van der Waals surface area contributed by atoms with Crippen molar-refractivity contribution in [3.8, 4) is 11.3 Å². The van der Waals surface area contributed by atoms with Crippen molar-refractivity contribution in [3.05, 3.63) is 36.9 Å². The summed E-state index contributed by atoms with van der Waals surface area (Å²) in [5.41, 5.74) is 3.48. The maximum Gasteiger partial charge on any atom is 0.224 e. The summed E-state index contributed by atoms with van der Waals surface area (Å²) in [6.07, 6.45) is 12.1. The number of ether oxygens (including phenoxy) is 1. The second kappa shape index (κ2) is 6.62. The van der Waals surface area contributed by atoms with E-state index in [2.05, 4.69) is 30.4 Å². The van der Waals surface area contributed by atoms with Crippen molar-refractivity contribution in [2.45, 2.75) is 37.8 Å². The highest BCUT2D eigenvalue weighted by atomic mass is 16.5. The van der Waals surface area contributed by atoms with Crippen molar-refractivity contribution in [3.63, 3.8) is 0 Å². The lowest BCUT2D eigenvalue weighted by Gasteiger charge is -2.28. The van der Waals surface area contributed by atoms with Gasteiger partial charge in [-0.15, -0.1) is 0 Å². The van der Waals surface area contributed by atoms with Gasteiger partial charge < -0.3 is 15.0 Å². The van der Waals surface area contributed by atoms with E-state index in [4.69, 9.17) is 4.74 Å². The van der Waals surface area contributed by atoms with Gasteiger partial charge in [-0.1, -0.05) is 0 Å². The minimum Gasteiger partial charge on any atom is -0.381 e. The largest absolute Gasteiger partial charge is 0.381 e. The molecule has 0 amide bonds. The Kier molecular flexibility index (Phi) is 3.97. The molecule has 1 saturated carbocycles. The third kappa shape index (κ3) is 3.02. The molecule has 0 aliphatic heterocycles. The highest BCUT2D eigenvalue weighted by Gasteiger charge is 2.21. The number of hydrogen-bond acceptors (Lipinski definition) is 6. The zero-order valence-electron chi connectivity index (χ0n) is 15.1.